The third kappa shape index (κ3) is 6.46. The van der Waals surface area contributed by atoms with Gasteiger partial charge in [-0.3, -0.25) is 0 Å². The summed E-state index contributed by atoms with van der Waals surface area (Å²) >= 11 is 0. The minimum Gasteiger partial charge on any atom is -0.228 e. The molecule has 0 spiro atoms. The summed E-state index contributed by atoms with van der Waals surface area (Å²) in [5.74, 6) is 0.694. The van der Waals surface area contributed by atoms with E-state index in [-0.39, 0.29) is 5.41 Å². The average Bonchev–Trinajstić information content (AvgIpc) is 3.52. The van der Waals surface area contributed by atoms with Gasteiger partial charge in [-0.2, -0.15) is 0 Å². The van der Waals surface area contributed by atoms with Crippen molar-refractivity contribution in [2.24, 2.45) is 0 Å². The minimum absolute atomic E-state index is 0.00353. The van der Waals surface area contributed by atoms with E-state index in [2.05, 4.69) is 220 Å². The van der Waals surface area contributed by atoms with Crippen molar-refractivity contribution >= 4 is 0 Å². The lowest BCUT2D eigenvalue weighted by Crippen LogP contribution is -2.14. The molecular weight excluding hydrogens is 689 g/mol. The Balaban J connectivity index is 1.02. The molecule has 9 aromatic rings. The third-order valence-electron chi connectivity index (χ3n) is 11.5. The van der Waals surface area contributed by atoms with Crippen molar-refractivity contribution in [3.8, 4) is 89.5 Å². The second kappa shape index (κ2) is 14.2. The highest BCUT2D eigenvalue weighted by Gasteiger charge is 2.35. The molecule has 2 heteroatoms. The van der Waals surface area contributed by atoms with E-state index in [1.54, 1.807) is 0 Å². The Bertz CT molecular complexity index is 2810. The predicted molar refractivity (Wildman–Crippen MR) is 238 cm³/mol. The molecule has 0 radical (unpaired) electrons. The minimum atomic E-state index is -0.00353. The van der Waals surface area contributed by atoms with Gasteiger partial charge < -0.3 is 0 Å². The van der Waals surface area contributed by atoms with Crippen LogP contribution in [0.25, 0.3) is 89.5 Å². The van der Waals surface area contributed by atoms with E-state index >= 15 is 0 Å². The van der Waals surface area contributed by atoms with Crippen molar-refractivity contribution in [2.45, 2.75) is 19.3 Å². The second-order valence-electron chi connectivity index (χ2n) is 15.4. The molecule has 0 saturated carbocycles. The number of hydrogen-bond donors (Lipinski definition) is 0. The van der Waals surface area contributed by atoms with E-state index in [0.29, 0.717) is 5.82 Å². The van der Waals surface area contributed by atoms with Crippen LogP contribution < -0.4 is 0 Å². The Morgan fingerprint density at radius 2 is 0.667 bits per heavy atom. The number of hydrogen-bond acceptors (Lipinski definition) is 2. The monoisotopic (exact) mass is 728 g/mol. The number of fused-ring (bicyclic) bond motifs is 3. The first kappa shape index (κ1) is 34.3. The zero-order valence-corrected chi connectivity index (χ0v) is 32.0. The second-order valence-corrected chi connectivity index (χ2v) is 15.4. The molecule has 1 heterocycles. The van der Waals surface area contributed by atoms with Gasteiger partial charge in [-0.1, -0.05) is 190 Å². The van der Waals surface area contributed by atoms with Crippen LogP contribution in [0, 0.1) is 0 Å². The summed E-state index contributed by atoms with van der Waals surface area (Å²) in [6.07, 6.45) is 0. The normalized spacial score (nSPS) is 12.5. The number of rotatable bonds is 7. The van der Waals surface area contributed by atoms with Crippen LogP contribution in [0.15, 0.2) is 206 Å². The van der Waals surface area contributed by atoms with Crippen LogP contribution >= 0.6 is 0 Å². The molecule has 0 fully saturated rings. The highest BCUT2D eigenvalue weighted by molar-refractivity contribution is 5.85. The molecule has 0 saturated heterocycles. The predicted octanol–water partition coefficient (Wildman–Crippen LogP) is 14.5. The first-order valence-electron chi connectivity index (χ1n) is 19.6. The molecule has 57 heavy (non-hydrogen) atoms. The summed E-state index contributed by atoms with van der Waals surface area (Å²) in [6, 6.07) is 73.8. The molecule has 8 aromatic carbocycles. The van der Waals surface area contributed by atoms with E-state index in [0.717, 1.165) is 44.8 Å². The molecule has 0 unspecified atom stereocenters. The van der Waals surface area contributed by atoms with E-state index in [4.69, 9.17) is 9.97 Å². The molecule has 1 aliphatic carbocycles. The van der Waals surface area contributed by atoms with E-state index < -0.39 is 0 Å². The van der Waals surface area contributed by atoms with Crippen LogP contribution in [0.3, 0.4) is 0 Å². The molecule has 10 rings (SSSR count). The highest BCUT2D eigenvalue weighted by Crippen LogP contribution is 2.49. The Labute approximate surface area is 334 Å². The highest BCUT2D eigenvalue weighted by atomic mass is 14.9. The topological polar surface area (TPSA) is 25.8 Å². The van der Waals surface area contributed by atoms with Crippen LogP contribution in [0.1, 0.15) is 25.0 Å². The zero-order chi connectivity index (χ0) is 38.3. The summed E-state index contributed by atoms with van der Waals surface area (Å²) in [5, 5.41) is 0. The molecule has 1 aliphatic rings. The van der Waals surface area contributed by atoms with Gasteiger partial charge in [0.25, 0.3) is 0 Å². The standard InChI is InChI=1S/C55H40N2/c1-55(2)50-25-10-9-24-48(50)49-35-45(30-31-51(49)55)44-21-11-18-41(32-44)39-26-28-40(29-27-39)54-56-52(46-22-12-19-42(33-46)37-14-5-3-6-15-37)36-53(57-54)47-23-13-20-43(34-47)38-16-7-4-8-17-38/h3-36H,1-2H3. The third-order valence-corrected chi connectivity index (χ3v) is 11.5. The largest absolute Gasteiger partial charge is 0.228 e. The number of nitrogens with zero attached hydrogens (tertiary/aromatic N) is 2. The molecule has 0 N–H and O–H groups in total. The maximum Gasteiger partial charge on any atom is 0.160 e. The molecule has 270 valence electrons. The van der Waals surface area contributed by atoms with Gasteiger partial charge in [0, 0.05) is 22.1 Å². The van der Waals surface area contributed by atoms with Crippen LogP contribution in [0.2, 0.25) is 0 Å². The summed E-state index contributed by atoms with van der Waals surface area (Å²) < 4.78 is 0. The van der Waals surface area contributed by atoms with Crippen LogP contribution in [-0.2, 0) is 5.41 Å². The fourth-order valence-corrected chi connectivity index (χ4v) is 8.44. The Morgan fingerprint density at radius 1 is 0.281 bits per heavy atom. The molecular formula is C55H40N2. The quantitative estimate of drug-likeness (QED) is 0.163. The van der Waals surface area contributed by atoms with E-state index in [1.807, 2.05) is 0 Å². The van der Waals surface area contributed by atoms with Gasteiger partial charge in [-0.15, -0.1) is 0 Å². The Hall–Kier alpha value is -7.16. The lowest BCUT2D eigenvalue weighted by Gasteiger charge is -2.21. The fraction of sp³-hybridized carbons (Fsp3) is 0.0545. The SMILES string of the molecule is CC1(C)c2ccccc2-c2cc(-c3cccc(-c4ccc(-c5nc(-c6cccc(-c7ccccc7)c6)cc(-c6cccc(-c7ccccc7)c6)n5)cc4)c3)ccc21. The molecule has 0 bridgehead atoms. The summed E-state index contributed by atoms with van der Waals surface area (Å²) in [7, 11) is 0. The van der Waals surface area contributed by atoms with Gasteiger partial charge in [0.1, 0.15) is 0 Å². The van der Waals surface area contributed by atoms with Gasteiger partial charge in [0.05, 0.1) is 11.4 Å². The van der Waals surface area contributed by atoms with Gasteiger partial charge in [-0.25, -0.2) is 9.97 Å². The van der Waals surface area contributed by atoms with Gasteiger partial charge >= 0.3 is 0 Å². The van der Waals surface area contributed by atoms with Gasteiger partial charge in [-0.05, 0) is 97.1 Å². The fourth-order valence-electron chi connectivity index (χ4n) is 8.44. The Kier molecular flexibility index (Phi) is 8.53. The zero-order valence-electron chi connectivity index (χ0n) is 32.0. The summed E-state index contributed by atoms with van der Waals surface area (Å²) in [6.45, 7) is 4.66. The maximum atomic E-state index is 5.21. The summed E-state index contributed by atoms with van der Waals surface area (Å²) in [4.78, 5) is 10.4. The van der Waals surface area contributed by atoms with Crippen LogP contribution in [0.5, 0.6) is 0 Å². The average molecular weight is 729 g/mol. The molecule has 2 nitrogen and oxygen atoms in total. The molecule has 0 amide bonds. The van der Waals surface area contributed by atoms with Crippen molar-refractivity contribution in [3.05, 3.63) is 217 Å². The molecule has 0 atom stereocenters. The van der Waals surface area contributed by atoms with Gasteiger partial charge in [0.2, 0.25) is 0 Å². The van der Waals surface area contributed by atoms with Crippen molar-refractivity contribution in [1.29, 1.82) is 0 Å². The van der Waals surface area contributed by atoms with Gasteiger partial charge in [0.15, 0.2) is 5.82 Å². The summed E-state index contributed by atoms with van der Waals surface area (Å²) in [5.41, 5.74) is 19.7. The van der Waals surface area contributed by atoms with E-state index in [1.165, 1.54) is 50.1 Å². The number of benzene rings is 8. The van der Waals surface area contributed by atoms with Crippen LogP contribution in [-0.4, -0.2) is 9.97 Å². The van der Waals surface area contributed by atoms with Crippen LogP contribution in [0.4, 0.5) is 0 Å². The maximum absolute atomic E-state index is 5.21. The molecule has 1 aromatic heterocycles. The van der Waals surface area contributed by atoms with Crippen molar-refractivity contribution < 1.29 is 0 Å². The first-order chi connectivity index (χ1) is 28.0. The van der Waals surface area contributed by atoms with Crippen molar-refractivity contribution in [1.82, 2.24) is 9.97 Å². The Morgan fingerprint density at radius 3 is 1.25 bits per heavy atom. The smallest absolute Gasteiger partial charge is 0.160 e. The lowest BCUT2D eigenvalue weighted by molar-refractivity contribution is 0.660. The number of aromatic nitrogens is 2. The van der Waals surface area contributed by atoms with Crippen molar-refractivity contribution in [3.63, 3.8) is 0 Å². The molecule has 0 aliphatic heterocycles. The van der Waals surface area contributed by atoms with E-state index in [9.17, 15) is 0 Å². The first-order valence-corrected chi connectivity index (χ1v) is 19.6. The van der Waals surface area contributed by atoms with Crippen molar-refractivity contribution in [2.75, 3.05) is 0 Å². The lowest BCUT2D eigenvalue weighted by atomic mass is 9.82.